The molecule has 0 unspecified atom stereocenters. The van der Waals surface area contributed by atoms with Crippen molar-refractivity contribution in [2.24, 2.45) is 0 Å². The molecular weight excluding hydrogens is 421 g/mol. The minimum Gasteiger partial charge on any atom is -0.493 e. The summed E-state index contributed by atoms with van der Waals surface area (Å²) in [4.78, 5) is 13.9. The van der Waals surface area contributed by atoms with Crippen molar-refractivity contribution in [2.45, 2.75) is 19.1 Å². The molecule has 0 saturated carbocycles. The standard InChI is InChI=1S/C21H22ClF3N2O3/c22-16-2-5-18(6-3-16)30-10-7-20(28)26-14-15-1-4-17(13-19(15)21(23,24)25)27-8-11-29-12-9-27/h1-6,13H,7-12,14H2,(H,26,28). The maximum Gasteiger partial charge on any atom is 0.416 e. The zero-order valence-electron chi connectivity index (χ0n) is 16.2. The molecule has 0 bridgehead atoms. The maximum absolute atomic E-state index is 13.6. The molecule has 0 aliphatic carbocycles. The van der Waals surface area contributed by atoms with Crippen LogP contribution in [0.4, 0.5) is 18.9 Å². The number of nitrogens with zero attached hydrogens (tertiary/aromatic N) is 1. The lowest BCUT2D eigenvalue weighted by molar-refractivity contribution is -0.138. The lowest BCUT2D eigenvalue weighted by atomic mass is 10.0. The fourth-order valence-electron chi connectivity index (χ4n) is 3.08. The van der Waals surface area contributed by atoms with Crippen molar-refractivity contribution in [2.75, 3.05) is 37.8 Å². The number of ether oxygens (including phenoxy) is 2. The number of hydrogen-bond donors (Lipinski definition) is 1. The first-order valence-corrected chi connectivity index (χ1v) is 9.88. The molecule has 162 valence electrons. The molecular formula is C21H22ClF3N2O3. The number of rotatable bonds is 7. The number of carbonyl (C=O) groups excluding carboxylic acids is 1. The van der Waals surface area contributed by atoms with Crippen LogP contribution in [0, 0.1) is 0 Å². The number of morpholine rings is 1. The number of hydrogen-bond acceptors (Lipinski definition) is 4. The van der Waals surface area contributed by atoms with Crippen molar-refractivity contribution in [3.63, 3.8) is 0 Å². The lowest BCUT2D eigenvalue weighted by Crippen LogP contribution is -2.36. The van der Waals surface area contributed by atoms with E-state index in [-0.39, 0.29) is 25.1 Å². The molecule has 5 nitrogen and oxygen atoms in total. The number of anilines is 1. The molecule has 1 N–H and O–H groups in total. The van der Waals surface area contributed by atoms with E-state index >= 15 is 0 Å². The second-order valence-electron chi connectivity index (χ2n) is 6.77. The van der Waals surface area contributed by atoms with E-state index in [4.69, 9.17) is 21.1 Å². The van der Waals surface area contributed by atoms with E-state index in [1.807, 2.05) is 4.90 Å². The van der Waals surface area contributed by atoms with Gasteiger partial charge in [-0.25, -0.2) is 0 Å². The van der Waals surface area contributed by atoms with Crippen molar-refractivity contribution in [3.8, 4) is 5.75 Å². The molecule has 3 rings (SSSR count). The summed E-state index contributed by atoms with van der Waals surface area (Å²) in [6.45, 7) is 1.95. The Bertz CT molecular complexity index is 854. The van der Waals surface area contributed by atoms with Crippen molar-refractivity contribution in [3.05, 3.63) is 58.6 Å². The first-order chi connectivity index (χ1) is 14.3. The van der Waals surface area contributed by atoms with Gasteiger partial charge in [0.05, 0.1) is 31.8 Å². The Labute approximate surface area is 177 Å². The molecule has 1 fully saturated rings. The molecule has 0 radical (unpaired) electrons. The van der Waals surface area contributed by atoms with Crippen LogP contribution in [0.2, 0.25) is 5.02 Å². The highest BCUT2D eigenvalue weighted by Crippen LogP contribution is 2.35. The van der Waals surface area contributed by atoms with Gasteiger partial charge in [-0.15, -0.1) is 0 Å². The van der Waals surface area contributed by atoms with Gasteiger partial charge in [-0.05, 0) is 42.0 Å². The van der Waals surface area contributed by atoms with Gasteiger partial charge in [0, 0.05) is 30.3 Å². The van der Waals surface area contributed by atoms with Crippen molar-refractivity contribution < 1.29 is 27.4 Å². The average Bonchev–Trinajstić information content (AvgIpc) is 2.73. The summed E-state index contributed by atoms with van der Waals surface area (Å²) >= 11 is 5.79. The summed E-state index contributed by atoms with van der Waals surface area (Å²) < 4.78 is 51.3. The van der Waals surface area contributed by atoms with Crippen LogP contribution in [0.3, 0.4) is 0 Å². The summed E-state index contributed by atoms with van der Waals surface area (Å²) in [5, 5.41) is 3.10. The topological polar surface area (TPSA) is 50.8 Å². The van der Waals surface area contributed by atoms with Gasteiger partial charge < -0.3 is 19.7 Å². The van der Waals surface area contributed by atoms with E-state index in [0.717, 1.165) is 6.07 Å². The molecule has 0 spiro atoms. The quantitative estimate of drug-likeness (QED) is 0.695. The molecule has 1 amide bonds. The third-order valence-corrected chi connectivity index (χ3v) is 4.91. The van der Waals surface area contributed by atoms with Crippen LogP contribution in [-0.2, 0) is 22.3 Å². The highest BCUT2D eigenvalue weighted by molar-refractivity contribution is 6.30. The molecule has 1 heterocycles. The number of nitrogens with one attached hydrogen (secondary N) is 1. The first kappa shape index (κ1) is 22.2. The third kappa shape index (κ3) is 6.27. The summed E-state index contributed by atoms with van der Waals surface area (Å²) in [6, 6.07) is 10.9. The van der Waals surface area contributed by atoms with Gasteiger partial charge in [-0.2, -0.15) is 13.2 Å². The zero-order chi connectivity index (χ0) is 21.6. The zero-order valence-corrected chi connectivity index (χ0v) is 16.9. The summed E-state index contributed by atoms with van der Waals surface area (Å²) in [7, 11) is 0. The smallest absolute Gasteiger partial charge is 0.416 e. The van der Waals surface area contributed by atoms with E-state index in [1.165, 1.54) is 6.07 Å². The molecule has 1 aliphatic heterocycles. The number of benzene rings is 2. The lowest BCUT2D eigenvalue weighted by Gasteiger charge is -2.29. The van der Waals surface area contributed by atoms with Crippen LogP contribution in [0.25, 0.3) is 0 Å². The molecule has 2 aromatic carbocycles. The third-order valence-electron chi connectivity index (χ3n) is 4.66. The summed E-state index contributed by atoms with van der Waals surface area (Å²) in [5.74, 6) is 0.166. The normalized spacial score (nSPS) is 14.5. The van der Waals surface area contributed by atoms with Gasteiger partial charge in [-0.1, -0.05) is 17.7 Å². The van der Waals surface area contributed by atoms with Crippen molar-refractivity contribution in [1.29, 1.82) is 0 Å². The molecule has 0 atom stereocenters. The largest absolute Gasteiger partial charge is 0.493 e. The highest BCUT2D eigenvalue weighted by atomic mass is 35.5. The van der Waals surface area contributed by atoms with Crippen LogP contribution in [0.1, 0.15) is 17.5 Å². The van der Waals surface area contributed by atoms with E-state index < -0.39 is 17.6 Å². The summed E-state index contributed by atoms with van der Waals surface area (Å²) in [5.41, 5.74) is -0.229. The van der Waals surface area contributed by atoms with Crippen molar-refractivity contribution in [1.82, 2.24) is 5.32 Å². The second kappa shape index (κ2) is 10.0. The monoisotopic (exact) mass is 442 g/mol. The van der Waals surface area contributed by atoms with Crippen LogP contribution >= 0.6 is 11.6 Å². The Balaban J connectivity index is 1.56. The maximum atomic E-state index is 13.6. The molecule has 1 aliphatic rings. The van der Waals surface area contributed by atoms with E-state index in [1.54, 1.807) is 30.3 Å². The van der Waals surface area contributed by atoms with Crippen molar-refractivity contribution >= 4 is 23.2 Å². The predicted molar refractivity (Wildman–Crippen MR) is 108 cm³/mol. The second-order valence-corrected chi connectivity index (χ2v) is 7.20. The van der Waals surface area contributed by atoms with Gasteiger partial charge in [0.1, 0.15) is 5.75 Å². The molecule has 0 aromatic heterocycles. The Hall–Kier alpha value is -2.45. The average molecular weight is 443 g/mol. The Morgan fingerprint density at radius 1 is 1.13 bits per heavy atom. The van der Waals surface area contributed by atoms with Crippen LogP contribution in [0.5, 0.6) is 5.75 Å². The van der Waals surface area contributed by atoms with Crippen LogP contribution in [0.15, 0.2) is 42.5 Å². The Kier molecular flexibility index (Phi) is 7.44. The molecule has 2 aromatic rings. The Morgan fingerprint density at radius 3 is 2.50 bits per heavy atom. The van der Waals surface area contributed by atoms with Gasteiger partial charge in [0.25, 0.3) is 0 Å². The van der Waals surface area contributed by atoms with E-state index in [2.05, 4.69) is 5.32 Å². The molecule has 9 heteroatoms. The van der Waals surface area contributed by atoms with Gasteiger partial charge >= 0.3 is 6.18 Å². The van der Waals surface area contributed by atoms with Gasteiger partial charge in [0.15, 0.2) is 0 Å². The highest BCUT2D eigenvalue weighted by Gasteiger charge is 2.34. The minimum absolute atomic E-state index is 0.0199. The first-order valence-electron chi connectivity index (χ1n) is 9.51. The van der Waals surface area contributed by atoms with E-state index in [0.29, 0.717) is 42.8 Å². The number of amides is 1. The van der Waals surface area contributed by atoms with Crippen LogP contribution in [-0.4, -0.2) is 38.8 Å². The van der Waals surface area contributed by atoms with Crippen LogP contribution < -0.4 is 15.0 Å². The SMILES string of the molecule is O=C(CCOc1ccc(Cl)cc1)NCc1ccc(N2CCOCC2)cc1C(F)(F)F. The fourth-order valence-corrected chi connectivity index (χ4v) is 3.20. The molecule has 1 saturated heterocycles. The number of carbonyl (C=O) groups is 1. The fraction of sp³-hybridized carbons (Fsp3) is 0.381. The Morgan fingerprint density at radius 2 is 1.83 bits per heavy atom. The number of halogens is 4. The predicted octanol–water partition coefficient (Wildman–Crippen LogP) is 4.28. The summed E-state index contributed by atoms with van der Waals surface area (Å²) in [6.07, 6.45) is -4.49. The van der Waals surface area contributed by atoms with Gasteiger partial charge in [-0.3, -0.25) is 4.79 Å². The number of alkyl halides is 3. The van der Waals surface area contributed by atoms with Gasteiger partial charge in [0.2, 0.25) is 5.91 Å². The minimum atomic E-state index is -4.51. The van der Waals surface area contributed by atoms with E-state index in [9.17, 15) is 18.0 Å². The molecule has 30 heavy (non-hydrogen) atoms.